The molecule has 25 heavy (non-hydrogen) atoms. The van der Waals surface area contributed by atoms with Crippen LogP contribution in [0.1, 0.15) is 40.8 Å². The highest BCUT2D eigenvalue weighted by atomic mass is 32.2. The molecule has 0 spiro atoms. The van der Waals surface area contributed by atoms with Gasteiger partial charge in [-0.15, -0.1) is 11.8 Å². The molecule has 0 radical (unpaired) electrons. The Balaban J connectivity index is 2.09. The van der Waals surface area contributed by atoms with Gasteiger partial charge in [0.25, 0.3) is 5.91 Å². The summed E-state index contributed by atoms with van der Waals surface area (Å²) in [7, 11) is 0. The third-order valence-corrected chi connectivity index (χ3v) is 5.42. The molecule has 3 nitrogen and oxygen atoms in total. The van der Waals surface area contributed by atoms with Crippen molar-refractivity contribution >= 4 is 23.4 Å². The largest absolute Gasteiger partial charge is 0.466 e. The molecule has 1 aliphatic rings. The predicted octanol–water partition coefficient (Wildman–Crippen LogP) is 5.45. The SMILES string of the molecule is Cc1cc(C(=O)N2CCC(C)Sc3ccc(C(F)(F)F)cc32)c(C)o1. The summed E-state index contributed by atoms with van der Waals surface area (Å²) < 4.78 is 44.8. The third-order valence-electron chi connectivity index (χ3n) is 4.18. The van der Waals surface area contributed by atoms with E-state index >= 15 is 0 Å². The Kier molecular flexibility index (Phi) is 4.62. The van der Waals surface area contributed by atoms with Crippen molar-refractivity contribution in [2.75, 3.05) is 11.4 Å². The lowest BCUT2D eigenvalue weighted by Gasteiger charge is -2.23. The van der Waals surface area contributed by atoms with Gasteiger partial charge in [-0.1, -0.05) is 6.92 Å². The first-order valence-electron chi connectivity index (χ1n) is 7.93. The standard InChI is InChI=1S/C18H18F3NO2S/c1-10-8-14(12(3)24-10)17(23)22-7-6-11(2)25-16-5-4-13(9-15(16)22)18(19,20)21/h4-5,8-9,11H,6-7H2,1-3H3. The molecule has 0 bridgehead atoms. The summed E-state index contributed by atoms with van der Waals surface area (Å²) in [6, 6.07) is 5.23. The van der Waals surface area contributed by atoms with E-state index in [9.17, 15) is 18.0 Å². The number of rotatable bonds is 1. The van der Waals surface area contributed by atoms with E-state index in [0.717, 1.165) is 12.1 Å². The fourth-order valence-electron chi connectivity index (χ4n) is 2.91. The number of hydrogen-bond acceptors (Lipinski definition) is 3. The van der Waals surface area contributed by atoms with Gasteiger partial charge in [0, 0.05) is 16.7 Å². The number of halogens is 3. The molecule has 7 heteroatoms. The number of amides is 1. The minimum Gasteiger partial charge on any atom is -0.466 e. The zero-order valence-electron chi connectivity index (χ0n) is 14.1. The first kappa shape index (κ1) is 17.9. The van der Waals surface area contributed by atoms with Crippen LogP contribution in [0.25, 0.3) is 0 Å². The Bertz CT molecular complexity index is 813. The van der Waals surface area contributed by atoms with Crippen LogP contribution in [0.4, 0.5) is 18.9 Å². The molecule has 2 aromatic rings. The van der Waals surface area contributed by atoms with Crippen LogP contribution in [0.3, 0.4) is 0 Å². The molecule has 0 fully saturated rings. The Labute approximate surface area is 148 Å². The molecule has 2 heterocycles. The monoisotopic (exact) mass is 369 g/mol. The second-order valence-corrected chi connectivity index (χ2v) is 7.66. The summed E-state index contributed by atoms with van der Waals surface area (Å²) >= 11 is 1.49. The number of nitrogens with zero attached hydrogens (tertiary/aromatic N) is 1. The maximum atomic E-state index is 13.1. The molecule has 1 atom stereocenters. The number of benzene rings is 1. The van der Waals surface area contributed by atoms with Gasteiger partial charge >= 0.3 is 6.18 Å². The van der Waals surface area contributed by atoms with Gasteiger partial charge in [0.15, 0.2) is 0 Å². The maximum absolute atomic E-state index is 13.1. The van der Waals surface area contributed by atoms with Crippen LogP contribution in [-0.4, -0.2) is 17.7 Å². The number of anilines is 1. The van der Waals surface area contributed by atoms with Crippen LogP contribution in [0.2, 0.25) is 0 Å². The zero-order valence-corrected chi connectivity index (χ0v) is 14.9. The molecule has 1 unspecified atom stereocenters. The summed E-state index contributed by atoms with van der Waals surface area (Å²) in [5.74, 6) is 0.744. The molecule has 0 aliphatic carbocycles. The number of carbonyl (C=O) groups is 1. The Morgan fingerprint density at radius 2 is 2.00 bits per heavy atom. The Morgan fingerprint density at radius 1 is 1.28 bits per heavy atom. The first-order chi connectivity index (χ1) is 11.7. The lowest BCUT2D eigenvalue weighted by atomic mass is 10.1. The fraction of sp³-hybridized carbons (Fsp3) is 0.389. The molecular formula is C18H18F3NO2S. The summed E-state index contributed by atoms with van der Waals surface area (Å²) in [6.07, 6.45) is -3.75. The van der Waals surface area contributed by atoms with Gasteiger partial charge in [-0.05, 0) is 44.5 Å². The fourth-order valence-corrected chi connectivity index (χ4v) is 4.00. The molecule has 1 aromatic carbocycles. The van der Waals surface area contributed by atoms with E-state index in [1.54, 1.807) is 19.9 Å². The van der Waals surface area contributed by atoms with E-state index in [2.05, 4.69) is 0 Å². The number of aryl methyl sites for hydroxylation is 2. The second-order valence-electron chi connectivity index (χ2n) is 6.18. The first-order valence-corrected chi connectivity index (χ1v) is 8.81. The van der Waals surface area contributed by atoms with Crippen molar-refractivity contribution in [2.24, 2.45) is 0 Å². The van der Waals surface area contributed by atoms with Gasteiger partial charge in [-0.25, -0.2) is 0 Å². The van der Waals surface area contributed by atoms with Crippen LogP contribution in [0, 0.1) is 13.8 Å². The van der Waals surface area contributed by atoms with Crippen molar-refractivity contribution in [2.45, 2.75) is 43.5 Å². The zero-order chi connectivity index (χ0) is 18.4. The lowest BCUT2D eigenvalue weighted by Crippen LogP contribution is -2.32. The molecule has 134 valence electrons. The molecule has 0 saturated heterocycles. The highest BCUT2D eigenvalue weighted by molar-refractivity contribution is 8.00. The van der Waals surface area contributed by atoms with E-state index in [0.29, 0.717) is 40.6 Å². The summed E-state index contributed by atoms with van der Waals surface area (Å²) in [6.45, 7) is 5.79. The smallest absolute Gasteiger partial charge is 0.416 e. The number of fused-ring (bicyclic) bond motifs is 1. The number of alkyl halides is 3. The highest BCUT2D eigenvalue weighted by Crippen LogP contribution is 2.41. The average molecular weight is 369 g/mol. The lowest BCUT2D eigenvalue weighted by molar-refractivity contribution is -0.137. The molecule has 3 rings (SSSR count). The Morgan fingerprint density at radius 3 is 2.60 bits per heavy atom. The van der Waals surface area contributed by atoms with Crippen molar-refractivity contribution in [3.8, 4) is 0 Å². The number of thioether (sulfide) groups is 1. The summed E-state index contributed by atoms with van der Waals surface area (Å²) in [4.78, 5) is 15.1. The van der Waals surface area contributed by atoms with Gasteiger partial charge in [0.1, 0.15) is 11.5 Å². The molecule has 1 aliphatic heterocycles. The van der Waals surface area contributed by atoms with Gasteiger partial charge < -0.3 is 9.32 Å². The predicted molar refractivity (Wildman–Crippen MR) is 91.2 cm³/mol. The van der Waals surface area contributed by atoms with Gasteiger partial charge in [0.2, 0.25) is 0 Å². The van der Waals surface area contributed by atoms with Gasteiger partial charge in [-0.2, -0.15) is 13.2 Å². The molecule has 1 amide bonds. The number of hydrogen-bond donors (Lipinski definition) is 0. The van der Waals surface area contributed by atoms with Gasteiger partial charge in [0.05, 0.1) is 16.8 Å². The van der Waals surface area contributed by atoms with Crippen LogP contribution < -0.4 is 4.90 Å². The molecule has 1 aromatic heterocycles. The maximum Gasteiger partial charge on any atom is 0.416 e. The van der Waals surface area contributed by atoms with Crippen molar-refractivity contribution in [1.82, 2.24) is 0 Å². The van der Waals surface area contributed by atoms with Crippen molar-refractivity contribution in [1.29, 1.82) is 0 Å². The van der Waals surface area contributed by atoms with E-state index in [-0.39, 0.29) is 11.2 Å². The van der Waals surface area contributed by atoms with Crippen molar-refractivity contribution < 1.29 is 22.4 Å². The number of furan rings is 1. The van der Waals surface area contributed by atoms with Crippen LogP contribution in [0.5, 0.6) is 0 Å². The van der Waals surface area contributed by atoms with E-state index in [1.165, 1.54) is 22.7 Å². The highest BCUT2D eigenvalue weighted by Gasteiger charge is 2.34. The van der Waals surface area contributed by atoms with E-state index in [4.69, 9.17) is 4.42 Å². The minimum atomic E-state index is -4.45. The minimum absolute atomic E-state index is 0.209. The average Bonchev–Trinajstić information content (AvgIpc) is 2.76. The Hall–Kier alpha value is -1.89. The molecule has 0 saturated carbocycles. The van der Waals surface area contributed by atoms with Crippen LogP contribution in [-0.2, 0) is 6.18 Å². The van der Waals surface area contributed by atoms with Crippen molar-refractivity contribution in [3.63, 3.8) is 0 Å². The normalized spacial score (nSPS) is 18.0. The quantitative estimate of drug-likeness (QED) is 0.670. The summed E-state index contributed by atoms with van der Waals surface area (Å²) in [5.41, 5.74) is -0.0489. The third kappa shape index (κ3) is 3.56. The number of carbonyl (C=O) groups excluding carboxylic acids is 1. The molecular weight excluding hydrogens is 351 g/mol. The molecule has 0 N–H and O–H groups in total. The topological polar surface area (TPSA) is 33.5 Å². The van der Waals surface area contributed by atoms with Crippen LogP contribution >= 0.6 is 11.8 Å². The van der Waals surface area contributed by atoms with Crippen molar-refractivity contribution in [3.05, 3.63) is 46.9 Å². The second kappa shape index (κ2) is 6.44. The summed E-state index contributed by atoms with van der Waals surface area (Å²) in [5, 5.41) is 0.209. The van der Waals surface area contributed by atoms with Gasteiger partial charge in [-0.3, -0.25) is 4.79 Å². The van der Waals surface area contributed by atoms with Crippen LogP contribution in [0.15, 0.2) is 33.6 Å². The van der Waals surface area contributed by atoms with E-state index in [1.807, 2.05) is 6.92 Å². The van der Waals surface area contributed by atoms with E-state index < -0.39 is 11.7 Å².